The Balaban J connectivity index is 2.17. The largest absolute Gasteiger partial charge is 0.457 e. The van der Waals surface area contributed by atoms with Crippen LogP contribution in [-0.2, 0) is 11.3 Å². The molecule has 0 unspecified atom stereocenters. The number of carbonyl (C=O) groups is 1. The van der Waals surface area contributed by atoms with Crippen molar-refractivity contribution in [3.63, 3.8) is 0 Å². The van der Waals surface area contributed by atoms with Gasteiger partial charge in [0.05, 0.1) is 5.56 Å². The van der Waals surface area contributed by atoms with Gasteiger partial charge in [-0.1, -0.05) is 58.0 Å². The number of rotatable bonds is 5. The van der Waals surface area contributed by atoms with Gasteiger partial charge in [0.1, 0.15) is 6.61 Å². The smallest absolute Gasteiger partial charge is 0.338 e. The number of carbonyl (C=O) groups excluding carboxylic acids is 1. The summed E-state index contributed by atoms with van der Waals surface area (Å²) < 4.78 is 5.43. The molecule has 0 saturated carbocycles. The van der Waals surface area contributed by atoms with E-state index in [-0.39, 0.29) is 5.97 Å². The van der Waals surface area contributed by atoms with E-state index < -0.39 is 0 Å². The summed E-state index contributed by atoms with van der Waals surface area (Å²) in [6.45, 7) is 8.72. The molecule has 0 saturated heterocycles. The fourth-order valence-corrected chi connectivity index (χ4v) is 2.16. The Kier molecular flexibility index (Phi) is 5.37. The molecule has 0 aromatic heterocycles. The van der Waals surface area contributed by atoms with Crippen molar-refractivity contribution < 1.29 is 9.53 Å². The molecular formula is C20H23O2. The Bertz CT molecular complexity index is 601. The van der Waals surface area contributed by atoms with Gasteiger partial charge in [-0.25, -0.2) is 4.79 Å². The van der Waals surface area contributed by atoms with Crippen molar-refractivity contribution >= 4 is 5.97 Å². The molecular weight excluding hydrogens is 272 g/mol. The van der Waals surface area contributed by atoms with Crippen LogP contribution in [0.3, 0.4) is 0 Å². The van der Waals surface area contributed by atoms with Crippen molar-refractivity contribution in [3.8, 4) is 0 Å². The summed E-state index contributed by atoms with van der Waals surface area (Å²) in [4.78, 5) is 12.3. The molecule has 1 radical (unpaired) electrons. The normalized spacial score (nSPS) is 11.0. The minimum Gasteiger partial charge on any atom is -0.457 e. The van der Waals surface area contributed by atoms with Crippen LogP contribution in [0.1, 0.15) is 66.6 Å². The van der Waals surface area contributed by atoms with Crippen LogP contribution < -0.4 is 0 Å². The lowest BCUT2D eigenvalue weighted by molar-refractivity contribution is 0.0472. The number of ether oxygens (including phenoxy) is 1. The van der Waals surface area contributed by atoms with E-state index >= 15 is 0 Å². The zero-order valence-electron chi connectivity index (χ0n) is 13.7. The highest BCUT2D eigenvalue weighted by atomic mass is 16.5. The van der Waals surface area contributed by atoms with E-state index in [0.717, 1.165) is 16.7 Å². The van der Waals surface area contributed by atoms with Gasteiger partial charge in [0, 0.05) is 0 Å². The third-order valence-corrected chi connectivity index (χ3v) is 3.60. The Morgan fingerprint density at radius 3 is 2.05 bits per heavy atom. The van der Waals surface area contributed by atoms with Gasteiger partial charge in [0.2, 0.25) is 0 Å². The molecule has 0 atom stereocenters. The van der Waals surface area contributed by atoms with E-state index in [1.165, 1.54) is 0 Å². The Morgan fingerprint density at radius 1 is 1.00 bits per heavy atom. The summed E-state index contributed by atoms with van der Waals surface area (Å²) in [5, 5.41) is 0. The molecule has 22 heavy (non-hydrogen) atoms. The molecule has 2 nitrogen and oxygen atoms in total. The van der Waals surface area contributed by atoms with Gasteiger partial charge in [-0.05, 0) is 46.7 Å². The quantitative estimate of drug-likeness (QED) is 0.718. The molecule has 2 rings (SSSR count). The maximum absolute atomic E-state index is 12.3. The van der Waals surface area contributed by atoms with Crippen LogP contribution in [0.25, 0.3) is 0 Å². The molecule has 0 fully saturated rings. The maximum Gasteiger partial charge on any atom is 0.338 e. The lowest BCUT2D eigenvalue weighted by Crippen LogP contribution is -2.08. The van der Waals surface area contributed by atoms with Crippen molar-refractivity contribution in [1.82, 2.24) is 0 Å². The zero-order valence-corrected chi connectivity index (χ0v) is 13.7. The van der Waals surface area contributed by atoms with Crippen LogP contribution in [0, 0.1) is 6.07 Å². The standard InChI is InChI=1S/C20H23O2/c1-14(2)17-10-18(15(3)4)12-19(11-17)20(21)22-13-16-8-6-5-7-9-16/h5-9,11-12,14-15H,13H2,1-4H3. The molecule has 0 aliphatic rings. The van der Waals surface area contributed by atoms with E-state index in [0.29, 0.717) is 24.0 Å². The van der Waals surface area contributed by atoms with E-state index in [9.17, 15) is 4.79 Å². The molecule has 0 amide bonds. The number of esters is 1. The van der Waals surface area contributed by atoms with Crippen LogP contribution in [0.4, 0.5) is 0 Å². The summed E-state index contributed by atoms with van der Waals surface area (Å²) >= 11 is 0. The second-order valence-electron chi connectivity index (χ2n) is 6.15. The molecule has 0 N–H and O–H groups in total. The highest BCUT2D eigenvalue weighted by molar-refractivity contribution is 5.89. The molecule has 115 valence electrons. The lowest BCUT2D eigenvalue weighted by atomic mass is 9.93. The van der Waals surface area contributed by atoms with Crippen molar-refractivity contribution in [2.45, 2.75) is 46.1 Å². The van der Waals surface area contributed by atoms with Gasteiger partial charge in [-0.3, -0.25) is 0 Å². The van der Waals surface area contributed by atoms with Crippen LogP contribution >= 0.6 is 0 Å². The molecule has 0 spiro atoms. The summed E-state index contributed by atoms with van der Waals surface area (Å²) in [7, 11) is 0. The monoisotopic (exact) mass is 295 g/mol. The zero-order chi connectivity index (χ0) is 16.1. The number of benzene rings is 2. The first-order valence-corrected chi connectivity index (χ1v) is 7.75. The van der Waals surface area contributed by atoms with E-state index in [2.05, 4.69) is 33.8 Å². The summed E-state index contributed by atoms with van der Waals surface area (Å²) in [5.41, 5.74) is 3.71. The predicted octanol–water partition coefficient (Wildman–Crippen LogP) is 5.09. The third-order valence-electron chi connectivity index (χ3n) is 3.60. The topological polar surface area (TPSA) is 26.3 Å². The summed E-state index contributed by atoms with van der Waals surface area (Å²) in [5.74, 6) is 0.389. The van der Waals surface area contributed by atoms with Crippen LogP contribution in [0.15, 0.2) is 42.5 Å². The molecule has 0 aliphatic carbocycles. The Hall–Kier alpha value is -2.09. The molecule has 0 heterocycles. The number of hydrogen-bond donors (Lipinski definition) is 0. The van der Waals surface area contributed by atoms with E-state index in [4.69, 9.17) is 4.74 Å². The summed E-state index contributed by atoms with van der Waals surface area (Å²) in [6, 6.07) is 16.9. The van der Waals surface area contributed by atoms with Crippen molar-refractivity contribution in [1.29, 1.82) is 0 Å². The molecule has 2 heteroatoms. The Morgan fingerprint density at radius 2 is 1.55 bits per heavy atom. The number of hydrogen-bond acceptors (Lipinski definition) is 2. The van der Waals surface area contributed by atoms with Gasteiger partial charge in [-0.2, -0.15) is 0 Å². The molecule has 2 aromatic rings. The molecule has 2 aromatic carbocycles. The minimum absolute atomic E-state index is 0.276. The van der Waals surface area contributed by atoms with Gasteiger partial charge < -0.3 is 4.74 Å². The van der Waals surface area contributed by atoms with Gasteiger partial charge >= 0.3 is 5.97 Å². The van der Waals surface area contributed by atoms with Crippen LogP contribution in [0.5, 0.6) is 0 Å². The second kappa shape index (κ2) is 7.26. The molecule has 0 aliphatic heterocycles. The van der Waals surface area contributed by atoms with Crippen molar-refractivity contribution in [3.05, 3.63) is 70.8 Å². The average molecular weight is 295 g/mol. The maximum atomic E-state index is 12.3. The fraction of sp³-hybridized carbons (Fsp3) is 0.350. The summed E-state index contributed by atoms with van der Waals surface area (Å²) in [6.07, 6.45) is 0. The van der Waals surface area contributed by atoms with Gasteiger partial charge in [-0.15, -0.1) is 0 Å². The molecule has 0 bridgehead atoms. The SMILES string of the molecule is CC(C)c1[c]c(C(C)C)cc(C(=O)OCc2ccccc2)c1. The van der Waals surface area contributed by atoms with E-state index in [1.807, 2.05) is 42.5 Å². The van der Waals surface area contributed by atoms with E-state index in [1.54, 1.807) is 0 Å². The first-order chi connectivity index (χ1) is 10.5. The third kappa shape index (κ3) is 4.20. The van der Waals surface area contributed by atoms with Crippen molar-refractivity contribution in [2.24, 2.45) is 0 Å². The Labute approximate surface area is 133 Å². The highest BCUT2D eigenvalue weighted by Crippen LogP contribution is 2.23. The van der Waals surface area contributed by atoms with Crippen molar-refractivity contribution in [2.75, 3.05) is 0 Å². The minimum atomic E-state index is -0.276. The van der Waals surface area contributed by atoms with Crippen LogP contribution in [0.2, 0.25) is 0 Å². The first kappa shape index (κ1) is 16.3. The second-order valence-corrected chi connectivity index (χ2v) is 6.15. The van der Waals surface area contributed by atoms with Gasteiger partial charge in [0.15, 0.2) is 0 Å². The van der Waals surface area contributed by atoms with Gasteiger partial charge in [0.25, 0.3) is 0 Å². The van der Waals surface area contributed by atoms with Crippen LogP contribution in [-0.4, -0.2) is 5.97 Å². The highest BCUT2D eigenvalue weighted by Gasteiger charge is 2.13. The fourth-order valence-electron chi connectivity index (χ4n) is 2.16. The predicted molar refractivity (Wildman–Crippen MR) is 89.0 cm³/mol. The average Bonchev–Trinajstić information content (AvgIpc) is 2.53. The lowest BCUT2D eigenvalue weighted by Gasteiger charge is -2.13. The first-order valence-electron chi connectivity index (χ1n) is 7.75.